The summed E-state index contributed by atoms with van der Waals surface area (Å²) in [6.07, 6.45) is 6.07. The standard InChI is InChI=1S/C20H23FN2O3/c1-2-26-20(25)16-10-23(13-5-6-13)18-9-14(11-3-4-12(22)7-11)17(21)8-15(18)19(16)24/h8-13H,2-7,22H2,1H3. The predicted molar refractivity (Wildman–Crippen MR) is 97.0 cm³/mol. The Morgan fingerprint density at radius 3 is 2.69 bits per heavy atom. The number of hydrogen-bond acceptors (Lipinski definition) is 4. The van der Waals surface area contributed by atoms with E-state index in [0.29, 0.717) is 11.1 Å². The fraction of sp³-hybridized carbons (Fsp3) is 0.500. The molecule has 2 unspecified atom stereocenters. The van der Waals surface area contributed by atoms with Crippen LogP contribution in [0.4, 0.5) is 4.39 Å². The molecule has 1 aromatic heterocycles. The smallest absolute Gasteiger partial charge is 0.343 e. The van der Waals surface area contributed by atoms with Crippen LogP contribution in [0.1, 0.15) is 66.9 Å². The molecule has 4 rings (SSSR count). The molecule has 2 fully saturated rings. The summed E-state index contributed by atoms with van der Waals surface area (Å²) in [7, 11) is 0. The zero-order chi connectivity index (χ0) is 18.4. The number of pyridine rings is 1. The van der Waals surface area contributed by atoms with Gasteiger partial charge in [0.25, 0.3) is 0 Å². The van der Waals surface area contributed by atoms with Crippen molar-refractivity contribution >= 4 is 16.9 Å². The number of carbonyl (C=O) groups excluding carboxylic acids is 1. The lowest BCUT2D eigenvalue weighted by Crippen LogP contribution is -2.21. The lowest BCUT2D eigenvalue weighted by atomic mass is 9.95. The molecule has 0 aliphatic heterocycles. The number of nitrogens with zero attached hydrogens (tertiary/aromatic N) is 1. The van der Waals surface area contributed by atoms with E-state index in [9.17, 15) is 14.0 Å². The van der Waals surface area contributed by atoms with E-state index in [1.807, 2.05) is 4.57 Å². The molecule has 0 amide bonds. The second-order valence-corrected chi connectivity index (χ2v) is 7.39. The SMILES string of the molecule is CCOC(=O)c1cn(C2CC2)c2cc(C3CCC(N)C3)c(F)cc2c1=O. The number of fused-ring (bicyclic) bond motifs is 1. The van der Waals surface area contributed by atoms with E-state index in [0.717, 1.165) is 32.1 Å². The van der Waals surface area contributed by atoms with Crippen molar-refractivity contribution in [2.75, 3.05) is 6.61 Å². The van der Waals surface area contributed by atoms with Crippen LogP contribution in [0.2, 0.25) is 0 Å². The summed E-state index contributed by atoms with van der Waals surface area (Å²) in [5, 5.41) is 0.242. The quantitative estimate of drug-likeness (QED) is 0.852. The highest BCUT2D eigenvalue weighted by molar-refractivity contribution is 5.94. The first-order valence-corrected chi connectivity index (χ1v) is 9.30. The van der Waals surface area contributed by atoms with E-state index in [2.05, 4.69) is 0 Å². The maximum Gasteiger partial charge on any atom is 0.343 e. The molecule has 2 saturated carbocycles. The highest BCUT2D eigenvalue weighted by Gasteiger charge is 2.30. The summed E-state index contributed by atoms with van der Waals surface area (Å²) in [6, 6.07) is 3.43. The normalized spacial score (nSPS) is 22.7. The summed E-state index contributed by atoms with van der Waals surface area (Å²) in [5.41, 5.74) is 6.82. The molecular weight excluding hydrogens is 335 g/mol. The minimum atomic E-state index is -0.653. The number of nitrogens with two attached hydrogens (primary N) is 1. The van der Waals surface area contributed by atoms with Crippen molar-refractivity contribution in [1.82, 2.24) is 4.57 Å². The van der Waals surface area contributed by atoms with E-state index in [-0.39, 0.29) is 35.6 Å². The third-order valence-corrected chi connectivity index (χ3v) is 5.50. The fourth-order valence-corrected chi connectivity index (χ4v) is 4.01. The molecule has 0 bridgehead atoms. The van der Waals surface area contributed by atoms with E-state index < -0.39 is 17.2 Å². The van der Waals surface area contributed by atoms with Crippen molar-refractivity contribution < 1.29 is 13.9 Å². The third-order valence-electron chi connectivity index (χ3n) is 5.50. The minimum absolute atomic E-state index is 0.0266. The van der Waals surface area contributed by atoms with Gasteiger partial charge in [0, 0.05) is 23.7 Å². The largest absolute Gasteiger partial charge is 0.462 e. The summed E-state index contributed by atoms with van der Waals surface area (Å²) in [6.45, 7) is 1.88. The molecule has 2 aromatic rings. The number of carbonyl (C=O) groups is 1. The van der Waals surface area contributed by atoms with E-state index in [4.69, 9.17) is 10.5 Å². The lowest BCUT2D eigenvalue weighted by molar-refractivity contribution is 0.0524. The van der Waals surface area contributed by atoms with Crippen LogP contribution < -0.4 is 11.2 Å². The Morgan fingerprint density at radius 1 is 1.31 bits per heavy atom. The van der Waals surface area contributed by atoms with Gasteiger partial charge in [-0.3, -0.25) is 4.79 Å². The summed E-state index contributed by atoms with van der Waals surface area (Å²) in [4.78, 5) is 24.9. The van der Waals surface area contributed by atoms with Gasteiger partial charge in [-0.2, -0.15) is 0 Å². The summed E-state index contributed by atoms with van der Waals surface area (Å²) >= 11 is 0. The Hall–Kier alpha value is -2.21. The zero-order valence-corrected chi connectivity index (χ0v) is 14.8. The van der Waals surface area contributed by atoms with Gasteiger partial charge in [-0.1, -0.05) is 0 Å². The van der Waals surface area contributed by atoms with Gasteiger partial charge in [0.15, 0.2) is 0 Å². The van der Waals surface area contributed by atoms with Crippen LogP contribution in [0.5, 0.6) is 0 Å². The first-order chi connectivity index (χ1) is 12.5. The van der Waals surface area contributed by atoms with Gasteiger partial charge in [-0.25, -0.2) is 9.18 Å². The average molecular weight is 358 g/mol. The molecule has 0 radical (unpaired) electrons. The Labute approximate surface area is 150 Å². The first kappa shape index (κ1) is 17.2. The summed E-state index contributed by atoms with van der Waals surface area (Å²) < 4.78 is 21.7. The lowest BCUT2D eigenvalue weighted by Gasteiger charge is -2.17. The molecule has 138 valence electrons. The van der Waals surface area contributed by atoms with Crippen LogP contribution in [0.25, 0.3) is 10.9 Å². The monoisotopic (exact) mass is 358 g/mol. The molecular formula is C20H23FN2O3. The highest BCUT2D eigenvalue weighted by atomic mass is 19.1. The van der Waals surface area contributed by atoms with Crippen LogP contribution in [0, 0.1) is 5.82 Å². The summed E-state index contributed by atoms with van der Waals surface area (Å²) in [5.74, 6) is -0.959. The van der Waals surface area contributed by atoms with Crippen molar-refractivity contribution in [1.29, 1.82) is 0 Å². The second kappa shape index (κ2) is 6.50. The van der Waals surface area contributed by atoms with Gasteiger partial charge in [-0.05, 0) is 62.6 Å². The Morgan fingerprint density at radius 2 is 2.08 bits per heavy atom. The van der Waals surface area contributed by atoms with Gasteiger partial charge in [-0.15, -0.1) is 0 Å². The van der Waals surface area contributed by atoms with E-state index in [1.165, 1.54) is 6.07 Å². The molecule has 2 N–H and O–H groups in total. The van der Waals surface area contributed by atoms with Gasteiger partial charge in [0.2, 0.25) is 5.43 Å². The Balaban J connectivity index is 1.90. The zero-order valence-electron chi connectivity index (χ0n) is 14.8. The fourth-order valence-electron chi connectivity index (χ4n) is 4.01. The van der Waals surface area contributed by atoms with Gasteiger partial charge >= 0.3 is 5.97 Å². The van der Waals surface area contributed by atoms with E-state index in [1.54, 1.807) is 19.2 Å². The minimum Gasteiger partial charge on any atom is -0.462 e. The second-order valence-electron chi connectivity index (χ2n) is 7.39. The predicted octanol–water partition coefficient (Wildman–Crippen LogP) is 3.25. The molecule has 1 aromatic carbocycles. The topological polar surface area (TPSA) is 74.3 Å². The van der Waals surface area contributed by atoms with Gasteiger partial charge in [0.1, 0.15) is 11.4 Å². The number of halogens is 1. The highest BCUT2D eigenvalue weighted by Crippen LogP contribution is 2.40. The maximum absolute atomic E-state index is 14.8. The van der Waals surface area contributed by atoms with Crippen molar-refractivity contribution in [2.45, 2.75) is 57.0 Å². The van der Waals surface area contributed by atoms with Crippen LogP contribution >= 0.6 is 0 Å². The van der Waals surface area contributed by atoms with Crippen LogP contribution in [-0.2, 0) is 4.74 Å². The number of ether oxygens (including phenoxy) is 1. The molecule has 0 saturated heterocycles. The number of esters is 1. The molecule has 2 aliphatic rings. The van der Waals surface area contributed by atoms with Crippen molar-refractivity contribution in [2.24, 2.45) is 5.73 Å². The van der Waals surface area contributed by atoms with Crippen LogP contribution in [0.3, 0.4) is 0 Å². The average Bonchev–Trinajstić information content (AvgIpc) is 3.36. The molecule has 1 heterocycles. The third kappa shape index (κ3) is 2.92. The first-order valence-electron chi connectivity index (χ1n) is 9.30. The number of hydrogen-bond donors (Lipinski definition) is 1. The maximum atomic E-state index is 14.8. The van der Waals surface area contributed by atoms with Crippen LogP contribution in [0.15, 0.2) is 23.1 Å². The van der Waals surface area contributed by atoms with Crippen LogP contribution in [-0.4, -0.2) is 23.2 Å². The molecule has 2 atom stereocenters. The Kier molecular flexibility index (Phi) is 4.31. The number of benzene rings is 1. The molecule has 2 aliphatic carbocycles. The Bertz CT molecular complexity index is 933. The number of aromatic nitrogens is 1. The van der Waals surface area contributed by atoms with Crippen molar-refractivity contribution in [3.8, 4) is 0 Å². The molecule has 6 heteroatoms. The van der Waals surface area contributed by atoms with E-state index >= 15 is 0 Å². The molecule has 26 heavy (non-hydrogen) atoms. The number of rotatable bonds is 4. The molecule has 0 spiro atoms. The van der Waals surface area contributed by atoms with Gasteiger partial charge in [0.05, 0.1) is 12.1 Å². The van der Waals surface area contributed by atoms with Crippen molar-refractivity contribution in [3.63, 3.8) is 0 Å². The van der Waals surface area contributed by atoms with Crippen molar-refractivity contribution in [3.05, 3.63) is 45.5 Å². The van der Waals surface area contributed by atoms with Gasteiger partial charge < -0.3 is 15.0 Å². The molecule has 5 nitrogen and oxygen atoms in total.